The number of aromatic hydroxyl groups is 1. The Balaban J connectivity index is 1.69. The molecule has 40 heavy (non-hydrogen) atoms. The lowest BCUT2D eigenvalue weighted by atomic mass is 9.52. The van der Waals surface area contributed by atoms with Gasteiger partial charge in [0.25, 0.3) is 0 Å². The van der Waals surface area contributed by atoms with E-state index in [1.54, 1.807) is 0 Å². The Labute approximate surface area is 231 Å². The molecule has 2 unspecified atom stereocenters. The van der Waals surface area contributed by atoms with Gasteiger partial charge >= 0.3 is 0 Å². The number of fused-ring (bicyclic) bond motifs is 3. The molecule has 0 bridgehead atoms. The lowest BCUT2D eigenvalue weighted by Gasteiger charge is -2.52. The molecule has 3 aliphatic carbocycles. The topological polar surface area (TPSA) is 179 Å². The minimum atomic E-state index is -2.82. The molecule has 6 N–H and O–H groups in total. The molecular formula is C28H37FN4O7. The van der Waals surface area contributed by atoms with Crippen LogP contribution in [0.25, 0.3) is 0 Å². The summed E-state index contributed by atoms with van der Waals surface area (Å²) in [6.07, 6.45) is -0.247. The van der Waals surface area contributed by atoms with Crippen LogP contribution in [0.4, 0.5) is 4.39 Å². The number of hydrogen-bond acceptors (Lipinski definition) is 10. The third-order valence-corrected chi connectivity index (χ3v) is 8.36. The molecule has 6 atom stereocenters. The van der Waals surface area contributed by atoms with Crippen LogP contribution in [0.3, 0.4) is 0 Å². The molecule has 1 aromatic carbocycles. The number of carbonyl (C=O) groups excluding carboxylic acids is 5. The molecule has 0 radical (unpaired) electrons. The summed E-state index contributed by atoms with van der Waals surface area (Å²) in [6, 6.07) is -0.0539. The zero-order valence-corrected chi connectivity index (χ0v) is 23.3. The van der Waals surface area contributed by atoms with Crippen LogP contribution in [0.2, 0.25) is 0 Å². The molecule has 1 amide bonds. The summed E-state index contributed by atoms with van der Waals surface area (Å²) in [5.74, 6) is -12.4. The van der Waals surface area contributed by atoms with Gasteiger partial charge in [-0.05, 0) is 59.7 Å². The quantitative estimate of drug-likeness (QED) is 0.215. The number of nitrogens with one attached hydrogen (secondary N) is 2. The fourth-order valence-corrected chi connectivity index (χ4v) is 6.56. The van der Waals surface area contributed by atoms with Gasteiger partial charge in [0, 0.05) is 42.2 Å². The summed E-state index contributed by atoms with van der Waals surface area (Å²) in [4.78, 5) is 67.4. The molecule has 0 saturated heterocycles. The van der Waals surface area contributed by atoms with Crippen molar-refractivity contribution in [3.8, 4) is 5.75 Å². The van der Waals surface area contributed by atoms with Gasteiger partial charge in [0.15, 0.2) is 34.7 Å². The first-order valence-corrected chi connectivity index (χ1v) is 13.4. The van der Waals surface area contributed by atoms with Gasteiger partial charge in [0.2, 0.25) is 5.91 Å². The number of hydrogen-bond donors (Lipinski definition) is 5. The standard InChI is InChI=1S/C28H37FN4O7/c1-27(2,3)32-7-6-31-11-13-10-16(29)14-8-12-9-15-20(33(4)5)23(36)19(26(30)39)25(38)28(15,40)24(37)17(12)22(35)18(14)21(13)34/h10,12,15,17,19-20,31-32,34,40H,6-9,11H2,1-5H3,(H2,30,39)/t12-,15-,17?,19?,20-,28-/m0/s1. The average molecular weight is 561 g/mol. The van der Waals surface area contributed by atoms with Gasteiger partial charge in [-0.25, -0.2) is 4.39 Å². The molecular weight excluding hydrogens is 523 g/mol. The van der Waals surface area contributed by atoms with E-state index in [9.17, 15) is 34.2 Å². The summed E-state index contributed by atoms with van der Waals surface area (Å²) in [7, 11) is 3.00. The van der Waals surface area contributed by atoms with Crippen molar-refractivity contribution in [1.82, 2.24) is 15.5 Å². The molecule has 12 heteroatoms. The number of nitrogens with zero attached hydrogens (tertiary/aromatic N) is 1. The predicted molar refractivity (Wildman–Crippen MR) is 141 cm³/mol. The van der Waals surface area contributed by atoms with Crippen molar-refractivity contribution < 1.29 is 38.6 Å². The normalized spacial score (nSPS) is 30.2. The molecule has 2 saturated carbocycles. The lowest BCUT2D eigenvalue weighted by molar-refractivity contribution is -0.181. The third-order valence-electron chi connectivity index (χ3n) is 8.36. The van der Waals surface area contributed by atoms with E-state index in [4.69, 9.17) is 5.73 Å². The van der Waals surface area contributed by atoms with Crippen molar-refractivity contribution in [2.45, 2.75) is 57.3 Å². The van der Waals surface area contributed by atoms with Gasteiger partial charge < -0.3 is 26.6 Å². The Bertz CT molecular complexity index is 1290. The minimum Gasteiger partial charge on any atom is -0.507 e. The second-order valence-electron chi connectivity index (χ2n) is 12.4. The van der Waals surface area contributed by atoms with Crippen molar-refractivity contribution in [2.24, 2.45) is 29.4 Å². The maximum atomic E-state index is 15.3. The largest absolute Gasteiger partial charge is 0.507 e. The number of ketones is 4. The van der Waals surface area contributed by atoms with Crippen LogP contribution in [-0.4, -0.2) is 88.5 Å². The number of benzene rings is 1. The number of phenols is 1. The number of halogens is 1. The maximum absolute atomic E-state index is 15.3. The number of amides is 1. The molecule has 0 heterocycles. The highest BCUT2D eigenvalue weighted by Crippen LogP contribution is 2.51. The SMILES string of the molecule is CN(C)[C@@H]1C(=O)C(C(N)=O)C(=O)[C@@]2(O)C(=O)C3C(=O)c4c(O)c(CNCCNC(C)(C)C)cc(F)c4C[C@H]3C[C@@H]12. The number of Topliss-reactive ketones (excluding diaryl/α,β-unsaturated/α-hetero) is 4. The van der Waals surface area contributed by atoms with Gasteiger partial charge in [-0.3, -0.25) is 28.9 Å². The van der Waals surface area contributed by atoms with E-state index in [1.165, 1.54) is 19.0 Å². The van der Waals surface area contributed by atoms with E-state index in [1.807, 2.05) is 20.8 Å². The van der Waals surface area contributed by atoms with Crippen LogP contribution in [0.5, 0.6) is 5.75 Å². The van der Waals surface area contributed by atoms with Gasteiger partial charge in [0.1, 0.15) is 11.6 Å². The number of likely N-dealkylation sites (N-methyl/N-ethyl adjacent to an activating group) is 1. The van der Waals surface area contributed by atoms with Gasteiger partial charge in [-0.2, -0.15) is 0 Å². The Morgan fingerprint density at radius 2 is 1.82 bits per heavy atom. The van der Waals surface area contributed by atoms with Crippen LogP contribution in [0, 0.1) is 29.5 Å². The van der Waals surface area contributed by atoms with Crippen LogP contribution >= 0.6 is 0 Å². The van der Waals surface area contributed by atoms with E-state index < -0.39 is 75.9 Å². The van der Waals surface area contributed by atoms with Crippen LogP contribution < -0.4 is 16.4 Å². The molecule has 3 aliphatic rings. The maximum Gasteiger partial charge on any atom is 0.235 e. The monoisotopic (exact) mass is 560 g/mol. The Kier molecular flexibility index (Phi) is 7.78. The van der Waals surface area contributed by atoms with Crippen LogP contribution in [0.15, 0.2) is 6.07 Å². The summed E-state index contributed by atoms with van der Waals surface area (Å²) < 4.78 is 15.3. The zero-order valence-electron chi connectivity index (χ0n) is 23.3. The third kappa shape index (κ3) is 4.76. The van der Waals surface area contributed by atoms with Crippen molar-refractivity contribution >= 4 is 29.0 Å². The number of phenolic OH excluding ortho intramolecular Hbond substituents is 1. The first kappa shape index (κ1) is 29.9. The summed E-state index contributed by atoms with van der Waals surface area (Å²) >= 11 is 0. The van der Waals surface area contributed by atoms with E-state index in [0.29, 0.717) is 13.1 Å². The zero-order chi connectivity index (χ0) is 29.9. The average Bonchev–Trinajstić information content (AvgIpc) is 2.82. The van der Waals surface area contributed by atoms with Crippen molar-refractivity contribution in [2.75, 3.05) is 27.2 Å². The number of rotatable bonds is 7. The fourth-order valence-electron chi connectivity index (χ4n) is 6.56. The Morgan fingerprint density at radius 1 is 1.18 bits per heavy atom. The summed E-state index contributed by atoms with van der Waals surface area (Å²) in [5, 5.41) is 29.0. The molecule has 11 nitrogen and oxygen atoms in total. The smallest absolute Gasteiger partial charge is 0.235 e. The number of primary amides is 1. The van der Waals surface area contributed by atoms with Crippen LogP contribution in [-0.2, 0) is 32.1 Å². The van der Waals surface area contributed by atoms with E-state index >= 15 is 4.39 Å². The second-order valence-corrected chi connectivity index (χ2v) is 12.4. The van der Waals surface area contributed by atoms with E-state index in [0.717, 1.165) is 6.07 Å². The Morgan fingerprint density at radius 3 is 2.40 bits per heavy atom. The van der Waals surface area contributed by atoms with Crippen molar-refractivity contribution in [3.05, 3.63) is 28.6 Å². The summed E-state index contributed by atoms with van der Waals surface area (Å²) in [5.41, 5.74) is 2.13. The van der Waals surface area contributed by atoms with E-state index in [2.05, 4.69) is 10.6 Å². The molecule has 0 spiro atoms. The molecule has 1 aromatic rings. The van der Waals surface area contributed by atoms with Gasteiger partial charge in [-0.1, -0.05) is 0 Å². The second kappa shape index (κ2) is 10.4. The van der Waals surface area contributed by atoms with E-state index in [-0.39, 0.29) is 41.6 Å². The fraction of sp³-hybridized carbons (Fsp3) is 0.607. The molecule has 0 aromatic heterocycles. The number of nitrogens with two attached hydrogens (primary N) is 1. The minimum absolute atomic E-state index is 0.0502. The molecule has 218 valence electrons. The number of carbonyl (C=O) groups is 5. The highest BCUT2D eigenvalue weighted by atomic mass is 19.1. The van der Waals surface area contributed by atoms with Crippen molar-refractivity contribution in [3.63, 3.8) is 0 Å². The van der Waals surface area contributed by atoms with Crippen LogP contribution in [0.1, 0.15) is 48.7 Å². The highest BCUT2D eigenvalue weighted by Gasteiger charge is 2.69. The molecule has 0 aliphatic heterocycles. The predicted octanol–water partition coefficient (Wildman–Crippen LogP) is -0.516. The Hall–Kier alpha value is -3.06. The molecule has 4 rings (SSSR count). The first-order valence-electron chi connectivity index (χ1n) is 13.4. The van der Waals surface area contributed by atoms with Crippen molar-refractivity contribution in [1.29, 1.82) is 0 Å². The molecule has 2 fully saturated rings. The number of aliphatic hydroxyl groups is 1. The van der Waals surface area contributed by atoms with Gasteiger partial charge in [0.05, 0.1) is 17.5 Å². The summed E-state index contributed by atoms with van der Waals surface area (Å²) in [6.45, 7) is 7.18. The van der Waals surface area contributed by atoms with Gasteiger partial charge in [-0.15, -0.1) is 0 Å². The first-order chi connectivity index (χ1) is 18.5. The lowest BCUT2D eigenvalue weighted by Crippen LogP contribution is -2.74. The highest BCUT2D eigenvalue weighted by molar-refractivity contribution is 6.32.